The van der Waals surface area contributed by atoms with E-state index in [0.717, 1.165) is 5.56 Å². The maximum Gasteiger partial charge on any atom is 0.259 e. The molecule has 1 amide bonds. The van der Waals surface area contributed by atoms with Gasteiger partial charge in [-0.1, -0.05) is 33.6 Å². The van der Waals surface area contributed by atoms with Gasteiger partial charge in [0.05, 0.1) is 16.3 Å². The number of aryl methyl sites for hydroxylation is 1. The molecule has 0 spiro atoms. The average molecular weight is 341 g/mol. The van der Waals surface area contributed by atoms with E-state index in [2.05, 4.69) is 21.2 Å². The van der Waals surface area contributed by atoms with Crippen molar-refractivity contribution in [2.24, 2.45) is 0 Å². The minimum Gasteiger partial charge on any atom is -0.507 e. The predicted octanol–water partition coefficient (Wildman–Crippen LogP) is 4.37. The van der Waals surface area contributed by atoms with Crippen LogP contribution in [0.5, 0.6) is 5.75 Å². The number of hydrogen-bond acceptors (Lipinski definition) is 2. The van der Waals surface area contributed by atoms with Crippen molar-refractivity contribution in [3.05, 3.63) is 57.0 Å². The van der Waals surface area contributed by atoms with E-state index in [9.17, 15) is 9.90 Å². The van der Waals surface area contributed by atoms with E-state index < -0.39 is 5.91 Å². The highest BCUT2D eigenvalue weighted by Crippen LogP contribution is 2.26. The molecule has 0 heterocycles. The first-order valence-corrected chi connectivity index (χ1v) is 6.70. The largest absolute Gasteiger partial charge is 0.507 e. The number of aromatic hydroxyl groups is 1. The number of phenols is 1. The molecule has 0 saturated heterocycles. The number of nitrogens with one attached hydrogen (secondary N) is 1. The second-order valence-electron chi connectivity index (χ2n) is 4.10. The Morgan fingerprint density at radius 2 is 2.00 bits per heavy atom. The highest BCUT2D eigenvalue weighted by molar-refractivity contribution is 9.10. The third-order valence-electron chi connectivity index (χ3n) is 2.57. The number of carbonyl (C=O) groups is 1. The van der Waals surface area contributed by atoms with Crippen LogP contribution in [0.1, 0.15) is 15.9 Å². The van der Waals surface area contributed by atoms with Crippen LogP contribution in [-0.2, 0) is 0 Å². The van der Waals surface area contributed by atoms with Crippen LogP contribution in [0, 0.1) is 6.92 Å². The Balaban J connectivity index is 2.30. The zero-order valence-electron chi connectivity index (χ0n) is 10.1. The molecule has 2 aromatic rings. The van der Waals surface area contributed by atoms with Crippen molar-refractivity contribution in [1.29, 1.82) is 0 Å². The van der Waals surface area contributed by atoms with E-state index in [1.807, 2.05) is 13.0 Å². The zero-order valence-corrected chi connectivity index (χ0v) is 12.4. The van der Waals surface area contributed by atoms with Gasteiger partial charge in [0.2, 0.25) is 0 Å². The summed E-state index contributed by atoms with van der Waals surface area (Å²) in [6.07, 6.45) is 0. The molecule has 0 bridgehead atoms. The first-order chi connectivity index (χ1) is 8.97. The van der Waals surface area contributed by atoms with Crippen LogP contribution in [0.3, 0.4) is 0 Å². The Bertz CT molecular complexity index is 643. The van der Waals surface area contributed by atoms with Crippen LogP contribution in [0.4, 0.5) is 5.69 Å². The third kappa shape index (κ3) is 3.28. The van der Waals surface area contributed by atoms with Gasteiger partial charge in [0.15, 0.2) is 0 Å². The van der Waals surface area contributed by atoms with Crippen molar-refractivity contribution in [3.63, 3.8) is 0 Å². The maximum atomic E-state index is 12.1. The molecule has 0 aromatic heterocycles. The molecule has 0 unspecified atom stereocenters. The number of hydrogen-bond donors (Lipinski definition) is 2. The molecule has 0 saturated carbocycles. The fraction of sp³-hybridized carbons (Fsp3) is 0.0714. The second kappa shape index (κ2) is 5.63. The summed E-state index contributed by atoms with van der Waals surface area (Å²) in [5.74, 6) is -0.490. The zero-order chi connectivity index (χ0) is 14.0. The van der Waals surface area contributed by atoms with Gasteiger partial charge >= 0.3 is 0 Å². The van der Waals surface area contributed by atoms with E-state index in [1.165, 1.54) is 6.07 Å². The van der Waals surface area contributed by atoms with E-state index >= 15 is 0 Å². The standard InChI is InChI=1S/C14H11BrClNO2/c1-8-2-4-11(16)12(6-8)17-14(19)10-7-9(15)3-5-13(10)18/h2-7,18H,1H3,(H,17,19). The van der Waals surface area contributed by atoms with Gasteiger partial charge < -0.3 is 10.4 Å². The van der Waals surface area contributed by atoms with Crippen molar-refractivity contribution in [1.82, 2.24) is 0 Å². The summed E-state index contributed by atoms with van der Waals surface area (Å²) in [5, 5.41) is 12.8. The van der Waals surface area contributed by atoms with Gasteiger partial charge in [-0.05, 0) is 42.8 Å². The Kier molecular flexibility index (Phi) is 4.12. The molecular formula is C14H11BrClNO2. The monoisotopic (exact) mass is 339 g/mol. The lowest BCUT2D eigenvalue weighted by Gasteiger charge is -2.09. The molecule has 0 aliphatic heterocycles. The molecule has 19 heavy (non-hydrogen) atoms. The quantitative estimate of drug-likeness (QED) is 0.853. The summed E-state index contributed by atoms with van der Waals surface area (Å²) in [6.45, 7) is 1.91. The summed E-state index contributed by atoms with van der Waals surface area (Å²) in [6, 6.07) is 10.0. The number of anilines is 1. The minimum absolute atomic E-state index is 0.0792. The third-order valence-corrected chi connectivity index (χ3v) is 3.40. The summed E-state index contributed by atoms with van der Waals surface area (Å²) in [4.78, 5) is 12.1. The van der Waals surface area contributed by atoms with Crippen LogP contribution in [0.15, 0.2) is 40.9 Å². The smallest absolute Gasteiger partial charge is 0.259 e. The lowest BCUT2D eigenvalue weighted by Crippen LogP contribution is -2.12. The van der Waals surface area contributed by atoms with Crippen molar-refractivity contribution in [2.75, 3.05) is 5.32 Å². The summed E-state index contributed by atoms with van der Waals surface area (Å²) >= 11 is 9.27. The number of rotatable bonds is 2. The molecule has 2 aromatic carbocycles. The van der Waals surface area contributed by atoms with Crippen LogP contribution < -0.4 is 5.32 Å². The van der Waals surface area contributed by atoms with Gasteiger partial charge in [-0.2, -0.15) is 0 Å². The molecule has 2 N–H and O–H groups in total. The van der Waals surface area contributed by atoms with E-state index in [-0.39, 0.29) is 11.3 Å². The fourth-order valence-corrected chi connectivity index (χ4v) is 2.14. The number of benzene rings is 2. The van der Waals surface area contributed by atoms with Crippen LogP contribution >= 0.6 is 27.5 Å². The Labute approximate surface area is 124 Å². The van der Waals surface area contributed by atoms with Gasteiger partial charge in [-0.15, -0.1) is 0 Å². The predicted molar refractivity (Wildman–Crippen MR) is 79.9 cm³/mol. The first kappa shape index (κ1) is 13.9. The highest BCUT2D eigenvalue weighted by Gasteiger charge is 2.13. The maximum absolute atomic E-state index is 12.1. The normalized spacial score (nSPS) is 10.3. The SMILES string of the molecule is Cc1ccc(Cl)c(NC(=O)c2cc(Br)ccc2O)c1. The first-order valence-electron chi connectivity index (χ1n) is 5.53. The van der Waals surface area contributed by atoms with Gasteiger partial charge in [0.25, 0.3) is 5.91 Å². The number of phenolic OH excluding ortho intramolecular Hbond substituents is 1. The molecule has 0 atom stereocenters. The number of amides is 1. The highest BCUT2D eigenvalue weighted by atomic mass is 79.9. The lowest BCUT2D eigenvalue weighted by molar-refractivity contribution is 0.102. The molecule has 5 heteroatoms. The Morgan fingerprint density at radius 3 is 2.74 bits per heavy atom. The van der Waals surface area contributed by atoms with E-state index in [1.54, 1.807) is 24.3 Å². The summed E-state index contributed by atoms with van der Waals surface area (Å²) < 4.78 is 0.714. The van der Waals surface area contributed by atoms with Gasteiger partial charge in [-0.3, -0.25) is 4.79 Å². The summed E-state index contributed by atoms with van der Waals surface area (Å²) in [5.41, 5.74) is 1.69. The van der Waals surface area contributed by atoms with Crippen LogP contribution in [-0.4, -0.2) is 11.0 Å². The summed E-state index contributed by atoms with van der Waals surface area (Å²) in [7, 11) is 0. The molecule has 0 aliphatic rings. The molecule has 0 fully saturated rings. The van der Waals surface area contributed by atoms with Crippen molar-refractivity contribution in [3.8, 4) is 5.75 Å². The van der Waals surface area contributed by atoms with Crippen molar-refractivity contribution in [2.45, 2.75) is 6.92 Å². The molecule has 0 radical (unpaired) electrons. The van der Waals surface area contributed by atoms with Crippen molar-refractivity contribution < 1.29 is 9.90 Å². The Hall–Kier alpha value is -1.52. The topological polar surface area (TPSA) is 49.3 Å². The average Bonchev–Trinajstić information content (AvgIpc) is 2.36. The molecular weight excluding hydrogens is 330 g/mol. The van der Waals surface area contributed by atoms with Gasteiger partial charge in [-0.25, -0.2) is 0 Å². The number of carbonyl (C=O) groups excluding carboxylic acids is 1. The van der Waals surface area contributed by atoms with Gasteiger partial charge in [0.1, 0.15) is 5.75 Å². The molecule has 3 nitrogen and oxygen atoms in total. The Morgan fingerprint density at radius 1 is 1.26 bits per heavy atom. The van der Waals surface area contributed by atoms with E-state index in [0.29, 0.717) is 15.2 Å². The van der Waals surface area contributed by atoms with Crippen LogP contribution in [0.2, 0.25) is 5.02 Å². The van der Waals surface area contributed by atoms with Crippen LogP contribution in [0.25, 0.3) is 0 Å². The molecule has 0 aliphatic carbocycles. The molecule has 2 rings (SSSR count). The molecule has 98 valence electrons. The van der Waals surface area contributed by atoms with E-state index in [4.69, 9.17) is 11.6 Å². The minimum atomic E-state index is -0.411. The van der Waals surface area contributed by atoms with Crippen molar-refractivity contribution >= 4 is 39.1 Å². The number of halogens is 2. The second-order valence-corrected chi connectivity index (χ2v) is 5.42. The lowest BCUT2D eigenvalue weighted by atomic mass is 10.1. The fourth-order valence-electron chi connectivity index (χ4n) is 1.61. The van der Waals surface area contributed by atoms with Gasteiger partial charge in [0, 0.05) is 4.47 Å².